The van der Waals surface area contributed by atoms with E-state index in [-0.39, 0.29) is 46.0 Å². The quantitative estimate of drug-likeness (QED) is 0.446. The number of ether oxygens (including phenoxy) is 3. The molecule has 7 nitrogen and oxygen atoms in total. The van der Waals surface area contributed by atoms with Crippen LogP contribution < -0.4 is 14.4 Å². The lowest BCUT2D eigenvalue weighted by Crippen LogP contribution is -2.52. The van der Waals surface area contributed by atoms with Crippen LogP contribution in [0.3, 0.4) is 0 Å². The Balaban J connectivity index is 1.36. The molecule has 4 aliphatic heterocycles. The molecule has 0 bridgehead atoms. The molecular formula is C25H27BrClF3N4O3. The zero-order valence-electron chi connectivity index (χ0n) is 20.1. The van der Waals surface area contributed by atoms with Crippen LogP contribution in [0.5, 0.6) is 11.8 Å². The standard InChI is InChI=1S/C25H27BrClF3N4O3/c26-17-18(27)21-16-20(19(17)29)31-23(37-12-24-3-1-6-33(24)9-13(28)8-24)32-22(16)34(14-2-7-35-10-14)15(11-36-21)25(30)4-5-25/h13-15H,1-12H2/t13-,14?,15-,24+/m1/s1. The second kappa shape index (κ2) is 8.72. The summed E-state index contributed by atoms with van der Waals surface area (Å²) < 4.78 is 63.6. The highest BCUT2D eigenvalue weighted by Crippen LogP contribution is 2.52. The van der Waals surface area contributed by atoms with Crippen LogP contribution in [0.25, 0.3) is 10.9 Å². The number of benzene rings is 1. The average molecular weight is 604 g/mol. The molecule has 1 unspecified atom stereocenters. The van der Waals surface area contributed by atoms with Gasteiger partial charge in [-0.1, -0.05) is 11.6 Å². The third-order valence-electron chi connectivity index (χ3n) is 8.71. The summed E-state index contributed by atoms with van der Waals surface area (Å²) in [5.41, 5.74) is -1.89. The van der Waals surface area contributed by atoms with Crippen LogP contribution in [0.1, 0.15) is 38.5 Å². The van der Waals surface area contributed by atoms with Gasteiger partial charge >= 0.3 is 6.01 Å². The predicted octanol–water partition coefficient (Wildman–Crippen LogP) is 5.00. The van der Waals surface area contributed by atoms with Gasteiger partial charge in [0.05, 0.1) is 34.1 Å². The molecule has 37 heavy (non-hydrogen) atoms. The first-order valence-electron chi connectivity index (χ1n) is 12.9. The molecule has 4 atom stereocenters. The maximum Gasteiger partial charge on any atom is 0.319 e. The van der Waals surface area contributed by atoms with E-state index in [4.69, 9.17) is 30.8 Å². The lowest BCUT2D eigenvalue weighted by Gasteiger charge is -2.37. The largest absolute Gasteiger partial charge is 0.489 e. The van der Waals surface area contributed by atoms with Crippen molar-refractivity contribution < 1.29 is 27.4 Å². The normalized spacial score (nSPS) is 32.5. The van der Waals surface area contributed by atoms with Crippen molar-refractivity contribution in [2.24, 2.45) is 0 Å². The van der Waals surface area contributed by atoms with Gasteiger partial charge in [0.25, 0.3) is 0 Å². The van der Waals surface area contributed by atoms with Crippen LogP contribution in [0.4, 0.5) is 19.0 Å². The fraction of sp³-hybridized carbons (Fsp3) is 0.680. The maximum atomic E-state index is 15.8. The predicted molar refractivity (Wildman–Crippen MR) is 135 cm³/mol. The summed E-state index contributed by atoms with van der Waals surface area (Å²) in [4.78, 5) is 13.2. The molecule has 0 amide bonds. The number of anilines is 1. The van der Waals surface area contributed by atoms with Crippen molar-refractivity contribution in [3.63, 3.8) is 0 Å². The van der Waals surface area contributed by atoms with Crippen LogP contribution >= 0.6 is 27.5 Å². The van der Waals surface area contributed by atoms with E-state index in [1.54, 1.807) is 0 Å². The van der Waals surface area contributed by atoms with E-state index in [2.05, 4.69) is 25.8 Å². The van der Waals surface area contributed by atoms with Gasteiger partial charge < -0.3 is 19.1 Å². The van der Waals surface area contributed by atoms with Gasteiger partial charge in [-0.3, -0.25) is 4.90 Å². The summed E-state index contributed by atoms with van der Waals surface area (Å²) in [5, 5.41) is 0.345. The highest BCUT2D eigenvalue weighted by Gasteiger charge is 2.56. The molecule has 3 saturated heterocycles. The fourth-order valence-electron chi connectivity index (χ4n) is 6.65. The van der Waals surface area contributed by atoms with Crippen LogP contribution in [0.15, 0.2) is 4.47 Å². The Kier molecular flexibility index (Phi) is 5.77. The summed E-state index contributed by atoms with van der Waals surface area (Å²) in [6.45, 7) is 2.38. The minimum Gasteiger partial charge on any atom is -0.489 e. The summed E-state index contributed by atoms with van der Waals surface area (Å²) in [6, 6.07) is -0.852. The smallest absolute Gasteiger partial charge is 0.319 e. The summed E-state index contributed by atoms with van der Waals surface area (Å²) in [5.74, 6) is -0.117. The van der Waals surface area contributed by atoms with Gasteiger partial charge in [0.1, 0.15) is 41.4 Å². The van der Waals surface area contributed by atoms with E-state index in [1.807, 2.05) is 4.90 Å². The Labute approximate surface area is 225 Å². The van der Waals surface area contributed by atoms with E-state index >= 15 is 8.78 Å². The molecule has 0 radical (unpaired) electrons. The molecule has 1 aromatic carbocycles. The molecule has 1 aliphatic carbocycles. The summed E-state index contributed by atoms with van der Waals surface area (Å²) in [7, 11) is 0. The van der Waals surface area contributed by atoms with Crippen molar-refractivity contribution in [3.8, 4) is 11.8 Å². The van der Waals surface area contributed by atoms with Crippen molar-refractivity contribution in [1.82, 2.24) is 14.9 Å². The molecule has 4 fully saturated rings. The number of hydrogen-bond acceptors (Lipinski definition) is 7. The number of nitrogens with zero attached hydrogens (tertiary/aromatic N) is 4. The lowest BCUT2D eigenvalue weighted by molar-refractivity contribution is 0.107. The Morgan fingerprint density at radius 2 is 2.05 bits per heavy atom. The Hall–Kier alpha value is -1.56. The highest BCUT2D eigenvalue weighted by molar-refractivity contribution is 9.10. The third-order valence-corrected chi connectivity index (χ3v) is 10.0. The Morgan fingerprint density at radius 3 is 2.81 bits per heavy atom. The molecule has 1 saturated carbocycles. The molecular weight excluding hydrogens is 577 g/mol. The second-order valence-electron chi connectivity index (χ2n) is 11.0. The third kappa shape index (κ3) is 3.82. The van der Waals surface area contributed by atoms with Gasteiger partial charge in [0.15, 0.2) is 11.6 Å². The number of alkyl halides is 2. The van der Waals surface area contributed by atoms with Gasteiger partial charge in [-0.2, -0.15) is 9.97 Å². The fourth-order valence-corrected chi connectivity index (χ4v) is 7.25. The van der Waals surface area contributed by atoms with E-state index in [1.165, 1.54) is 0 Å². The molecule has 0 spiro atoms. The van der Waals surface area contributed by atoms with Crippen molar-refractivity contribution in [2.45, 2.75) is 68.0 Å². The second-order valence-corrected chi connectivity index (χ2v) is 12.1. The Morgan fingerprint density at radius 1 is 1.22 bits per heavy atom. The maximum absolute atomic E-state index is 15.8. The monoisotopic (exact) mass is 602 g/mol. The van der Waals surface area contributed by atoms with Crippen molar-refractivity contribution >= 4 is 44.3 Å². The molecule has 5 heterocycles. The average Bonchev–Trinajstić information content (AvgIpc) is 3.18. The molecule has 12 heteroatoms. The minimum absolute atomic E-state index is 0.0134. The van der Waals surface area contributed by atoms with Gasteiger partial charge in [0, 0.05) is 19.6 Å². The first-order valence-corrected chi connectivity index (χ1v) is 14.0. The number of rotatable bonds is 5. The van der Waals surface area contributed by atoms with E-state index in [0.29, 0.717) is 56.6 Å². The van der Waals surface area contributed by atoms with Crippen LogP contribution in [-0.2, 0) is 4.74 Å². The zero-order valence-corrected chi connectivity index (χ0v) is 22.5. The molecule has 200 valence electrons. The molecule has 0 N–H and O–H groups in total. The van der Waals surface area contributed by atoms with Gasteiger partial charge in [-0.05, 0) is 54.6 Å². The number of aromatic nitrogens is 2. The number of fused-ring (bicyclic) bond motifs is 1. The SMILES string of the molecule is Fc1c(Br)c(Cl)c2c3c(nc(OC[C@@]45CCCN4C[C@H](F)C5)nc13)N(C1CCOC1)[C@@H](C1(F)CC1)CO2. The van der Waals surface area contributed by atoms with Gasteiger partial charge in [-0.25, -0.2) is 13.2 Å². The van der Waals surface area contributed by atoms with Gasteiger partial charge in [-0.15, -0.1) is 0 Å². The molecule has 5 aliphatic rings. The number of halogens is 5. The van der Waals surface area contributed by atoms with Crippen molar-refractivity contribution in [1.29, 1.82) is 0 Å². The minimum atomic E-state index is -1.45. The molecule has 1 aromatic heterocycles. The van der Waals surface area contributed by atoms with Crippen molar-refractivity contribution in [2.75, 3.05) is 44.4 Å². The van der Waals surface area contributed by atoms with E-state index in [9.17, 15) is 4.39 Å². The van der Waals surface area contributed by atoms with Gasteiger partial charge in [0.2, 0.25) is 0 Å². The van der Waals surface area contributed by atoms with Crippen LogP contribution in [0.2, 0.25) is 5.02 Å². The first kappa shape index (κ1) is 24.5. The van der Waals surface area contributed by atoms with Crippen LogP contribution in [0, 0.1) is 5.82 Å². The van der Waals surface area contributed by atoms with E-state index in [0.717, 1.165) is 19.4 Å². The lowest BCUT2D eigenvalue weighted by atomic mass is 9.95. The molecule has 2 aromatic rings. The number of hydrogen-bond donors (Lipinski definition) is 0. The summed E-state index contributed by atoms with van der Waals surface area (Å²) >= 11 is 9.76. The first-order chi connectivity index (χ1) is 17.8. The van der Waals surface area contributed by atoms with E-state index < -0.39 is 29.2 Å². The zero-order chi connectivity index (χ0) is 25.5. The highest BCUT2D eigenvalue weighted by atomic mass is 79.9. The van der Waals surface area contributed by atoms with Crippen molar-refractivity contribution in [3.05, 3.63) is 15.3 Å². The molecule has 7 rings (SSSR count). The Bertz CT molecular complexity index is 1260. The topological polar surface area (TPSA) is 60.0 Å². The summed E-state index contributed by atoms with van der Waals surface area (Å²) in [6.07, 6.45) is 2.77. The van der Waals surface area contributed by atoms with Crippen LogP contribution in [-0.4, -0.2) is 83.8 Å².